The van der Waals surface area contributed by atoms with Crippen LogP contribution in [0.25, 0.3) is 0 Å². The largest absolute Gasteiger partial charge is 0.373 e. The summed E-state index contributed by atoms with van der Waals surface area (Å²) in [6, 6.07) is 2.67. The summed E-state index contributed by atoms with van der Waals surface area (Å²) < 4.78 is 0. The second-order valence-electron chi connectivity index (χ2n) is 3.89. The lowest BCUT2D eigenvalue weighted by atomic mass is 10.3. The van der Waals surface area contributed by atoms with Crippen LogP contribution < -0.4 is 15.5 Å². The number of rotatable bonds is 6. The number of pyridine rings is 1. The lowest BCUT2D eigenvalue weighted by Gasteiger charge is -2.18. The Labute approximate surface area is 111 Å². The fraction of sp³-hybridized carbons (Fsp3) is 0.455. The SMILES string of the molecule is CCNC(=O)CN(C)c1cc([N+](=O)[O-])cc(NC)n1. The molecule has 0 bridgehead atoms. The van der Waals surface area contributed by atoms with Crippen molar-refractivity contribution in [1.29, 1.82) is 0 Å². The van der Waals surface area contributed by atoms with Gasteiger partial charge in [0.05, 0.1) is 23.6 Å². The highest BCUT2D eigenvalue weighted by Gasteiger charge is 2.14. The van der Waals surface area contributed by atoms with Crippen molar-refractivity contribution < 1.29 is 9.72 Å². The second kappa shape index (κ2) is 6.53. The van der Waals surface area contributed by atoms with Crippen LogP contribution in [0.3, 0.4) is 0 Å². The van der Waals surface area contributed by atoms with Gasteiger partial charge >= 0.3 is 0 Å². The van der Waals surface area contributed by atoms with Crippen molar-refractivity contribution in [2.45, 2.75) is 6.92 Å². The van der Waals surface area contributed by atoms with Gasteiger partial charge in [0.2, 0.25) is 5.91 Å². The van der Waals surface area contributed by atoms with Crippen molar-refractivity contribution in [3.63, 3.8) is 0 Å². The topological polar surface area (TPSA) is 100 Å². The number of hydrogen-bond donors (Lipinski definition) is 2. The van der Waals surface area contributed by atoms with Crippen molar-refractivity contribution in [3.05, 3.63) is 22.2 Å². The van der Waals surface area contributed by atoms with Crippen LogP contribution in [0.1, 0.15) is 6.92 Å². The van der Waals surface area contributed by atoms with Crippen LogP contribution in [0.5, 0.6) is 0 Å². The van der Waals surface area contributed by atoms with Crippen molar-refractivity contribution >= 4 is 23.2 Å². The molecule has 0 saturated heterocycles. The van der Waals surface area contributed by atoms with E-state index < -0.39 is 4.92 Å². The first kappa shape index (κ1) is 14.7. The van der Waals surface area contributed by atoms with Crippen molar-refractivity contribution in [1.82, 2.24) is 10.3 Å². The molecule has 0 aromatic carbocycles. The Morgan fingerprint density at radius 1 is 1.53 bits per heavy atom. The van der Waals surface area contributed by atoms with E-state index in [0.717, 1.165) is 0 Å². The Kier molecular flexibility index (Phi) is 5.04. The molecule has 0 spiro atoms. The minimum Gasteiger partial charge on any atom is -0.373 e. The van der Waals surface area contributed by atoms with Gasteiger partial charge in [-0.3, -0.25) is 14.9 Å². The molecule has 8 heteroatoms. The molecule has 104 valence electrons. The number of carbonyl (C=O) groups is 1. The normalized spacial score (nSPS) is 9.84. The molecule has 8 nitrogen and oxygen atoms in total. The van der Waals surface area contributed by atoms with E-state index in [9.17, 15) is 14.9 Å². The average Bonchev–Trinajstić information content (AvgIpc) is 2.38. The summed E-state index contributed by atoms with van der Waals surface area (Å²) in [5.41, 5.74) is -0.0721. The van der Waals surface area contributed by atoms with Gasteiger partial charge in [-0.2, -0.15) is 0 Å². The molecule has 1 heterocycles. The van der Waals surface area contributed by atoms with E-state index in [0.29, 0.717) is 18.2 Å². The van der Waals surface area contributed by atoms with Gasteiger partial charge in [-0.05, 0) is 6.92 Å². The van der Waals surface area contributed by atoms with Gasteiger partial charge in [0.15, 0.2) is 0 Å². The zero-order chi connectivity index (χ0) is 14.4. The van der Waals surface area contributed by atoms with Crippen LogP contribution in [-0.4, -0.2) is 43.0 Å². The molecule has 0 aliphatic heterocycles. The Balaban J connectivity index is 2.95. The first-order valence-corrected chi connectivity index (χ1v) is 5.80. The molecule has 0 fully saturated rings. The van der Waals surface area contributed by atoms with Crippen LogP contribution in [0.15, 0.2) is 12.1 Å². The van der Waals surface area contributed by atoms with Gasteiger partial charge in [-0.25, -0.2) is 4.98 Å². The highest BCUT2D eigenvalue weighted by atomic mass is 16.6. The third kappa shape index (κ3) is 4.09. The van der Waals surface area contributed by atoms with Crippen molar-refractivity contribution in [3.8, 4) is 0 Å². The quantitative estimate of drug-likeness (QED) is 0.578. The molecule has 0 aliphatic rings. The number of likely N-dealkylation sites (N-methyl/N-ethyl adjacent to an activating group) is 2. The third-order valence-corrected chi connectivity index (χ3v) is 2.41. The highest BCUT2D eigenvalue weighted by Crippen LogP contribution is 2.22. The molecule has 0 aliphatic carbocycles. The molecule has 1 aromatic heterocycles. The van der Waals surface area contributed by atoms with Crippen LogP contribution in [0.4, 0.5) is 17.3 Å². The molecule has 1 aromatic rings. The molecule has 2 N–H and O–H groups in total. The second-order valence-corrected chi connectivity index (χ2v) is 3.89. The summed E-state index contributed by atoms with van der Waals surface area (Å²) in [7, 11) is 3.28. The van der Waals surface area contributed by atoms with Gasteiger partial charge in [0, 0.05) is 20.6 Å². The Morgan fingerprint density at radius 3 is 2.74 bits per heavy atom. The maximum Gasteiger partial charge on any atom is 0.276 e. The summed E-state index contributed by atoms with van der Waals surface area (Å²) in [5, 5.41) is 16.2. The predicted molar refractivity (Wildman–Crippen MR) is 72.4 cm³/mol. The summed E-state index contributed by atoms with van der Waals surface area (Å²) in [5.74, 6) is 0.584. The summed E-state index contributed by atoms with van der Waals surface area (Å²) in [6.45, 7) is 2.45. The summed E-state index contributed by atoms with van der Waals surface area (Å²) >= 11 is 0. The number of nitro groups is 1. The number of anilines is 2. The van der Waals surface area contributed by atoms with Crippen LogP contribution in [0, 0.1) is 10.1 Å². The zero-order valence-corrected chi connectivity index (χ0v) is 11.1. The number of carbonyl (C=O) groups excluding carboxylic acids is 1. The molecule has 19 heavy (non-hydrogen) atoms. The third-order valence-electron chi connectivity index (χ3n) is 2.41. The van der Waals surface area contributed by atoms with Gasteiger partial charge < -0.3 is 15.5 Å². The molecular weight excluding hydrogens is 250 g/mol. The lowest BCUT2D eigenvalue weighted by Crippen LogP contribution is -2.35. The maximum absolute atomic E-state index is 11.5. The maximum atomic E-state index is 11.5. The van der Waals surface area contributed by atoms with E-state index in [1.807, 2.05) is 6.92 Å². The van der Waals surface area contributed by atoms with Gasteiger partial charge in [-0.15, -0.1) is 0 Å². The summed E-state index contributed by atoms with van der Waals surface area (Å²) in [6.07, 6.45) is 0. The van der Waals surface area contributed by atoms with Crippen molar-refractivity contribution in [2.24, 2.45) is 0 Å². The first-order valence-electron chi connectivity index (χ1n) is 5.80. The van der Waals surface area contributed by atoms with E-state index in [1.165, 1.54) is 12.1 Å². The number of amides is 1. The molecule has 0 atom stereocenters. The number of nitrogens with one attached hydrogen (secondary N) is 2. The van der Waals surface area contributed by atoms with E-state index >= 15 is 0 Å². The van der Waals surface area contributed by atoms with Crippen LogP contribution in [-0.2, 0) is 4.79 Å². The number of aromatic nitrogens is 1. The Morgan fingerprint density at radius 2 is 2.21 bits per heavy atom. The lowest BCUT2D eigenvalue weighted by molar-refractivity contribution is -0.384. The van der Waals surface area contributed by atoms with Gasteiger partial charge in [-0.1, -0.05) is 0 Å². The van der Waals surface area contributed by atoms with Crippen molar-refractivity contribution in [2.75, 3.05) is 37.4 Å². The minimum absolute atomic E-state index is 0.0721. The van der Waals surface area contributed by atoms with Crippen LogP contribution >= 0.6 is 0 Å². The van der Waals surface area contributed by atoms with Crippen LogP contribution in [0.2, 0.25) is 0 Å². The predicted octanol–water partition coefficient (Wildman–Crippen LogP) is 0.604. The van der Waals surface area contributed by atoms with E-state index in [1.54, 1.807) is 19.0 Å². The fourth-order valence-electron chi connectivity index (χ4n) is 1.48. The molecule has 0 unspecified atom stereocenters. The molecule has 1 amide bonds. The monoisotopic (exact) mass is 267 g/mol. The number of nitrogens with zero attached hydrogens (tertiary/aromatic N) is 3. The van der Waals surface area contributed by atoms with E-state index in [4.69, 9.17) is 0 Å². The Bertz CT molecular complexity index is 477. The molecule has 1 rings (SSSR count). The molecular formula is C11H17N5O3. The fourth-order valence-corrected chi connectivity index (χ4v) is 1.48. The molecule has 0 saturated carbocycles. The highest BCUT2D eigenvalue weighted by molar-refractivity contribution is 5.81. The van der Waals surface area contributed by atoms with E-state index in [-0.39, 0.29) is 18.1 Å². The smallest absolute Gasteiger partial charge is 0.276 e. The first-order chi connectivity index (χ1) is 8.97. The minimum atomic E-state index is -0.494. The Hall–Kier alpha value is -2.38. The van der Waals surface area contributed by atoms with Gasteiger partial charge in [0.1, 0.15) is 11.6 Å². The molecule has 0 radical (unpaired) electrons. The zero-order valence-electron chi connectivity index (χ0n) is 11.1. The number of hydrogen-bond acceptors (Lipinski definition) is 6. The standard InChI is InChI=1S/C11H17N5O3/c1-4-13-11(17)7-15(3)10-6-8(16(18)19)5-9(12-2)14-10/h5-6H,4,7H2,1-3H3,(H,12,14)(H,13,17). The van der Waals surface area contributed by atoms with Gasteiger partial charge in [0.25, 0.3) is 5.69 Å². The average molecular weight is 267 g/mol. The van der Waals surface area contributed by atoms with E-state index in [2.05, 4.69) is 15.6 Å². The summed E-state index contributed by atoms with van der Waals surface area (Å²) in [4.78, 5) is 27.5.